The van der Waals surface area contributed by atoms with Crippen molar-refractivity contribution in [2.75, 3.05) is 0 Å². The second-order valence-corrected chi connectivity index (χ2v) is 7.67. The van der Waals surface area contributed by atoms with Crippen LogP contribution < -0.4 is 20.1 Å². The molecular formula is C24H24B2N2O4+2. The van der Waals surface area contributed by atoms with E-state index in [9.17, 15) is 20.1 Å². The molecule has 4 rings (SSSR count). The molecule has 2 heterocycles. The van der Waals surface area contributed by atoms with Gasteiger partial charge in [-0.25, -0.2) is 9.13 Å². The number of aromatic nitrogens is 2. The highest BCUT2D eigenvalue weighted by molar-refractivity contribution is 6.59. The Kier molecular flexibility index (Phi) is 6.78. The molecule has 0 amide bonds. The normalized spacial score (nSPS) is 10.8. The fourth-order valence-electron chi connectivity index (χ4n) is 3.80. The molecule has 0 atom stereocenters. The number of rotatable bonds is 7. The molecule has 2 aromatic carbocycles. The van der Waals surface area contributed by atoms with Crippen LogP contribution in [0.25, 0.3) is 11.1 Å². The quantitative estimate of drug-likeness (QED) is 0.235. The van der Waals surface area contributed by atoms with Crippen LogP contribution in [0.3, 0.4) is 0 Å². The number of nitrogens with zero attached hydrogens (tertiary/aromatic N) is 2. The molecule has 0 spiro atoms. The lowest BCUT2D eigenvalue weighted by Gasteiger charge is -2.07. The highest BCUT2D eigenvalue weighted by atomic mass is 16.4. The van der Waals surface area contributed by atoms with E-state index in [1.807, 2.05) is 82.5 Å². The molecule has 4 aromatic rings. The number of pyridine rings is 2. The van der Waals surface area contributed by atoms with Crippen LogP contribution in [0.5, 0.6) is 0 Å². The SMILES string of the molecule is OB(O)c1ccccc1C[n+]1ccc(-c2ccc[n+](Cc3ccccc3B(O)O)c2)cc1. The van der Waals surface area contributed by atoms with Crippen molar-refractivity contribution < 1.29 is 29.2 Å². The molecule has 0 saturated carbocycles. The molecule has 0 radical (unpaired) electrons. The van der Waals surface area contributed by atoms with Gasteiger partial charge in [-0.15, -0.1) is 0 Å². The Labute approximate surface area is 187 Å². The lowest BCUT2D eigenvalue weighted by molar-refractivity contribution is -0.688. The smallest absolute Gasteiger partial charge is 0.423 e. The number of benzene rings is 2. The highest BCUT2D eigenvalue weighted by Gasteiger charge is 2.19. The first-order valence-electron chi connectivity index (χ1n) is 10.4. The van der Waals surface area contributed by atoms with Crippen LogP contribution in [-0.2, 0) is 13.1 Å². The van der Waals surface area contributed by atoms with Gasteiger partial charge in [-0.1, -0.05) is 48.5 Å². The molecule has 6 nitrogen and oxygen atoms in total. The summed E-state index contributed by atoms with van der Waals surface area (Å²) >= 11 is 0. The maximum absolute atomic E-state index is 9.61. The van der Waals surface area contributed by atoms with Gasteiger partial charge in [0.05, 0.1) is 0 Å². The Morgan fingerprint density at radius 1 is 0.531 bits per heavy atom. The Bertz CT molecular complexity index is 1200. The van der Waals surface area contributed by atoms with Gasteiger partial charge in [-0.05, 0) is 22.6 Å². The van der Waals surface area contributed by atoms with Crippen molar-refractivity contribution in [2.24, 2.45) is 0 Å². The van der Waals surface area contributed by atoms with Gasteiger partial charge in [0.15, 0.2) is 37.9 Å². The minimum atomic E-state index is -1.50. The highest BCUT2D eigenvalue weighted by Crippen LogP contribution is 2.15. The maximum atomic E-state index is 9.61. The third-order valence-electron chi connectivity index (χ3n) is 5.46. The third kappa shape index (κ3) is 5.12. The van der Waals surface area contributed by atoms with E-state index in [0.29, 0.717) is 24.0 Å². The fourth-order valence-corrected chi connectivity index (χ4v) is 3.80. The lowest BCUT2D eigenvalue weighted by atomic mass is 9.77. The van der Waals surface area contributed by atoms with Crippen LogP contribution in [0.15, 0.2) is 97.6 Å². The van der Waals surface area contributed by atoms with Gasteiger partial charge in [0.2, 0.25) is 0 Å². The fraction of sp³-hybridized carbons (Fsp3) is 0.0833. The summed E-state index contributed by atoms with van der Waals surface area (Å²) in [5.41, 5.74) is 4.78. The first-order chi connectivity index (χ1) is 15.5. The summed E-state index contributed by atoms with van der Waals surface area (Å²) in [6.45, 7) is 1.05. The minimum absolute atomic E-state index is 0.499. The van der Waals surface area contributed by atoms with E-state index in [1.54, 1.807) is 24.3 Å². The third-order valence-corrected chi connectivity index (χ3v) is 5.46. The van der Waals surface area contributed by atoms with Crippen molar-refractivity contribution in [3.8, 4) is 11.1 Å². The molecular weight excluding hydrogens is 402 g/mol. The Hall–Kier alpha value is -3.29. The average Bonchev–Trinajstić information content (AvgIpc) is 2.80. The molecule has 0 saturated heterocycles. The molecule has 2 aromatic heterocycles. The molecule has 0 bridgehead atoms. The van der Waals surface area contributed by atoms with E-state index in [0.717, 1.165) is 22.3 Å². The molecule has 4 N–H and O–H groups in total. The van der Waals surface area contributed by atoms with E-state index >= 15 is 0 Å². The Morgan fingerprint density at radius 3 is 1.62 bits per heavy atom. The summed E-state index contributed by atoms with van der Waals surface area (Å²) in [4.78, 5) is 0. The predicted molar refractivity (Wildman–Crippen MR) is 123 cm³/mol. The molecule has 0 aliphatic rings. The van der Waals surface area contributed by atoms with Gasteiger partial charge < -0.3 is 20.1 Å². The topological polar surface area (TPSA) is 88.7 Å². The minimum Gasteiger partial charge on any atom is -0.423 e. The van der Waals surface area contributed by atoms with Crippen LogP contribution in [0.2, 0.25) is 0 Å². The number of hydrogen-bond donors (Lipinski definition) is 4. The zero-order valence-corrected chi connectivity index (χ0v) is 17.5. The molecule has 0 fully saturated rings. The van der Waals surface area contributed by atoms with Crippen LogP contribution >= 0.6 is 0 Å². The monoisotopic (exact) mass is 426 g/mol. The van der Waals surface area contributed by atoms with Crippen molar-refractivity contribution >= 4 is 25.2 Å². The van der Waals surface area contributed by atoms with Crippen molar-refractivity contribution in [3.63, 3.8) is 0 Å². The van der Waals surface area contributed by atoms with Crippen LogP contribution in [0.4, 0.5) is 0 Å². The summed E-state index contributed by atoms with van der Waals surface area (Å²) in [5, 5.41) is 38.4. The number of hydrogen-bond acceptors (Lipinski definition) is 4. The predicted octanol–water partition coefficient (Wildman–Crippen LogP) is -0.615. The largest absolute Gasteiger partial charge is 0.488 e. The maximum Gasteiger partial charge on any atom is 0.488 e. The van der Waals surface area contributed by atoms with Gasteiger partial charge in [0, 0.05) is 34.9 Å². The van der Waals surface area contributed by atoms with E-state index in [2.05, 4.69) is 0 Å². The van der Waals surface area contributed by atoms with Gasteiger partial charge in [-0.2, -0.15) is 0 Å². The summed E-state index contributed by atoms with van der Waals surface area (Å²) in [6.07, 6.45) is 7.90. The standard InChI is InChI=1S/C24H24B2N2O4/c29-25(30)23-9-3-1-6-21(23)17-27-14-11-19(12-15-27)20-8-5-13-28(16-20)18-22-7-2-4-10-24(22)26(31)32/h1-16,29-32H,17-18H2/q+2. The average molecular weight is 426 g/mol. The van der Waals surface area contributed by atoms with Crippen LogP contribution in [0.1, 0.15) is 11.1 Å². The Balaban J connectivity index is 1.53. The summed E-state index contributed by atoms with van der Waals surface area (Å²) in [6, 6.07) is 22.6. The van der Waals surface area contributed by atoms with E-state index in [1.165, 1.54) is 0 Å². The second kappa shape index (κ2) is 9.89. The first kappa shape index (κ1) is 21.9. The molecule has 0 unspecified atom stereocenters. The summed E-state index contributed by atoms with van der Waals surface area (Å²) in [5.74, 6) is 0. The van der Waals surface area contributed by atoms with Crippen molar-refractivity contribution in [1.29, 1.82) is 0 Å². The lowest BCUT2D eigenvalue weighted by Crippen LogP contribution is -2.40. The van der Waals surface area contributed by atoms with Gasteiger partial charge in [0.25, 0.3) is 0 Å². The van der Waals surface area contributed by atoms with Crippen molar-refractivity contribution in [2.45, 2.75) is 13.1 Å². The van der Waals surface area contributed by atoms with Gasteiger partial charge in [0.1, 0.15) is 0 Å². The molecule has 158 valence electrons. The van der Waals surface area contributed by atoms with E-state index in [4.69, 9.17) is 0 Å². The Morgan fingerprint density at radius 2 is 1.06 bits per heavy atom. The summed E-state index contributed by atoms with van der Waals surface area (Å²) in [7, 11) is -3.00. The van der Waals surface area contributed by atoms with Crippen molar-refractivity contribution in [3.05, 3.63) is 109 Å². The zero-order chi connectivity index (χ0) is 22.5. The molecule has 8 heteroatoms. The summed E-state index contributed by atoms with van der Waals surface area (Å²) < 4.78 is 4.00. The van der Waals surface area contributed by atoms with Crippen molar-refractivity contribution in [1.82, 2.24) is 0 Å². The van der Waals surface area contributed by atoms with Crippen LogP contribution in [0, 0.1) is 0 Å². The van der Waals surface area contributed by atoms with E-state index in [-0.39, 0.29) is 0 Å². The first-order valence-corrected chi connectivity index (χ1v) is 10.4. The van der Waals surface area contributed by atoms with Gasteiger partial charge >= 0.3 is 14.2 Å². The molecule has 0 aliphatic heterocycles. The van der Waals surface area contributed by atoms with E-state index < -0.39 is 14.2 Å². The molecule has 0 aliphatic carbocycles. The van der Waals surface area contributed by atoms with Gasteiger partial charge in [-0.3, -0.25) is 0 Å². The van der Waals surface area contributed by atoms with Crippen LogP contribution in [-0.4, -0.2) is 34.3 Å². The zero-order valence-electron chi connectivity index (χ0n) is 17.5. The molecule has 32 heavy (non-hydrogen) atoms. The second-order valence-electron chi connectivity index (χ2n) is 7.67.